The molecule has 23 heavy (non-hydrogen) atoms. The second kappa shape index (κ2) is 6.13. The summed E-state index contributed by atoms with van der Waals surface area (Å²) in [6.45, 7) is 0.635. The van der Waals surface area contributed by atoms with Gasteiger partial charge in [0.25, 0.3) is 0 Å². The molecule has 3 aromatic rings. The highest BCUT2D eigenvalue weighted by Crippen LogP contribution is 2.17. The van der Waals surface area contributed by atoms with E-state index in [0.717, 1.165) is 12.0 Å². The molecule has 1 aromatic carbocycles. The summed E-state index contributed by atoms with van der Waals surface area (Å²) in [5.41, 5.74) is 7.56. The zero-order valence-electron chi connectivity index (χ0n) is 12.0. The minimum atomic E-state index is -1.08. The van der Waals surface area contributed by atoms with Crippen LogP contribution in [0.25, 0.3) is 5.65 Å². The first kappa shape index (κ1) is 15.1. The lowest BCUT2D eigenvalue weighted by Crippen LogP contribution is -2.08. The van der Waals surface area contributed by atoms with Gasteiger partial charge in [0.2, 0.25) is 5.95 Å². The molecule has 0 radical (unpaired) electrons. The van der Waals surface area contributed by atoms with E-state index in [9.17, 15) is 9.90 Å². The fraction of sp³-hybridized carbons (Fsp3) is 0.133. The molecule has 0 saturated carbocycles. The second-order valence-electron chi connectivity index (χ2n) is 4.99. The van der Waals surface area contributed by atoms with Crippen molar-refractivity contribution in [1.82, 2.24) is 14.6 Å². The molecule has 8 heteroatoms. The van der Waals surface area contributed by atoms with Crippen LogP contribution in [0.2, 0.25) is 5.02 Å². The van der Waals surface area contributed by atoms with E-state index in [1.54, 1.807) is 6.20 Å². The average molecular weight is 332 g/mol. The van der Waals surface area contributed by atoms with Crippen molar-refractivity contribution in [2.45, 2.75) is 6.42 Å². The van der Waals surface area contributed by atoms with Crippen molar-refractivity contribution in [3.63, 3.8) is 0 Å². The van der Waals surface area contributed by atoms with Gasteiger partial charge in [0, 0.05) is 11.6 Å². The van der Waals surface area contributed by atoms with Gasteiger partial charge in [0.15, 0.2) is 5.65 Å². The second-order valence-corrected chi connectivity index (χ2v) is 5.43. The number of aromatic nitrogens is 3. The van der Waals surface area contributed by atoms with Crippen LogP contribution in [0, 0.1) is 0 Å². The van der Waals surface area contributed by atoms with Crippen molar-refractivity contribution in [1.29, 1.82) is 0 Å². The summed E-state index contributed by atoms with van der Waals surface area (Å²) < 4.78 is 1.36. The fourth-order valence-corrected chi connectivity index (χ4v) is 2.38. The van der Waals surface area contributed by atoms with Crippen LogP contribution in [0.4, 0.5) is 11.6 Å². The van der Waals surface area contributed by atoms with Crippen molar-refractivity contribution in [3.8, 4) is 0 Å². The molecule has 118 valence electrons. The summed E-state index contributed by atoms with van der Waals surface area (Å²) in [4.78, 5) is 15.3. The predicted molar refractivity (Wildman–Crippen MR) is 88.0 cm³/mol. The predicted octanol–water partition coefficient (Wildman–Crippen LogP) is 2.32. The lowest BCUT2D eigenvalue weighted by Gasteiger charge is -2.08. The average Bonchev–Trinajstić information content (AvgIpc) is 2.88. The lowest BCUT2D eigenvalue weighted by atomic mass is 10.1. The van der Waals surface area contributed by atoms with Crippen molar-refractivity contribution >= 4 is 34.9 Å². The third-order valence-corrected chi connectivity index (χ3v) is 3.59. The van der Waals surface area contributed by atoms with Gasteiger partial charge in [-0.3, -0.25) is 0 Å². The number of fused-ring (bicyclic) bond motifs is 1. The number of pyridine rings is 1. The first-order valence-corrected chi connectivity index (χ1v) is 7.28. The number of hydrogen-bond donors (Lipinski definition) is 3. The Morgan fingerprint density at radius 1 is 1.35 bits per heavy atom. The molecule has 2 heterocycles. The van der Waals surface area contributed by atoms with Crippen LogP contribution in [0.3, 0.4) is 0 Å². The number of rotatable bonds is 5. The molecular formula is C15H14ClN5O2. The first-order chi connectivity index (χ1) is 11.0. The summed E-state index contributed by atoms with van der Waals surface area (Å²) in [7, 11) is 0. The van der Waals surface area contributed by atoms with Gasteiger partial charge in [0.05, 0.1) is 11.9 Å². The van der Waals surface area contributed by atoms with Crippen LogP contribution in [-0.4, -0.2) is 32.2 Å². The molecule has 0 atom stereocenters. The Kier molecular flexibility index (Phi) is 4.03. The number of aromatic carboxylic acids is 1. The largest absolute Gasteiger partial charge is 0.478 e. The maximum atomic E-state index is 11.3. The number of nitrogens with two attached hydrogens (primary N) is 1. The van der Waals surface area contributed by atoms with E-state index in [2.05, 4.69) is 15.4 Å². The van der Waals surface area contributed by atoms with E-state index in [4.69, 9.17) is 17.3 Å². The lowest BCUT2D eigenvalue weighted by molar-refractivity contribution is 0.0698. The molecule has 0 saturated heterocycles. The maximum absolute atomic E-state index is 11.3. The Morgan fingerprint density at radius 2 is 2.09 bits per heavy atom. The Labute approximate surface area is 136 Å². The SMILES string of the molecule is Nc1nc2c(C(=O)O)cc(NCCc3ccc(Cl)cc3)cn2n1. The molecule has 0 aliphatic heterocycles. The summed E-state index contributed by atoms with van der Waals surface area (Å²) in [5.74, 6) is -1.05. The van der Waals surface area contributed by atoms with Gasteiger partial charge in [-0.1, -0.05) is 23.7 Å². The van der Waals surface area contributed by atoms with Crippen molar-refractivity contribution in [3.05, 3.63) is 52.7 Å². The van der Waals surface area contributed by atoms with E-state index in [0.29, 0.717) is 17.3 Å². The van der Waals surface area contributed by atoms with E-state index in [1.165, 1.54) is 10.6 Å². The maximum Gasteiger partial charge on any atom is 0.339 e. The number of benzene rings is 1. The molecule has 4 N–H and O–H groups in total. The first-order valence-electron chi connectivity index (χ1n) is 6.90. The van der Waals surface area contributed by atoms with E-state index < -0.39 is 5.97 Å². The highest BCUT2D eigenvalue weighted by Gasteiger charge is 2.14. The summed E-state index contributed by atoms with van der Waals surface area (Å²) in [6, 6.07) is 9.10. The third-order valence-electron chi connectivity index (χ3n) is 3.34. The van der Waals surface area contributed by atoms with Crippen molar-refractivity contribution in [2.75, 3.05) is 17.6 Å². The number of nitrogen functional groups attached to an aromatic ring is 1. The third kappa shape index (κ3) is 3.35. The Balaban J connectivity index is 1.77. The quantitative estimate of drug-likeness (QED) is 0.662. The topological polar surface area (TPSA) is 106 Å². The number of hydrogen-bond acceptors (Lipinski definition) is 5. The number of carboxylic acid groups (broad SMARTS) is 1. The molecule has 0 aliphatic rings. The number of anilines is 2. The van der Waals surface area contributed by atoms with Crippen LogP contribution in [-0.2, 0) is 6.42 Å². The minimum Gasteiger partial charge on any atom is -0.478 e. The Bertz CT molecular complexity index is 860. The summed E-state index contributed by atoms with van der Waals surface area (Å²) in [5, 5.41) is 17.1. The van der Waals surface area contributed by atoms with E-state index in [1.807, 2.05) is 24.3 Å². The normalized spacial score (nSPS) is 10.8. The Hall–Kier alpha value is -2.80. The van der Waals surface area contributed by atoms with Crippen LogP contribution >= 0.6 is 11.6 Å². The fourth-order valence-electron chi connectivity index (χ4n) is 2.26. The van der Waals surface area contributed by atoms with Gasteiger partial charge < -0.3 is 16.2 Å². The van der Waals surface area contributed by atoms with Gasteiger partial charge >= 0.3 is 5.97 Å². The zero-order valence-corrected chi connectivity index (χ0v) is 12.8. The molecule has 3 rings (SSSR count). The molecule has 7 nitrogen and oxygen atoms in total. The van der Waals surface area contributed by atoms with E-state index in [-0.39, 0.29) is 17.2 Å². The molecule has 2 aromatic heterocycles. The zero-order chi connectivity index (χ0) is 16.4. The van der Waals surface area contributed by atoms with Crippen LogP contribution in [0.1, 0.15) is 15.9 Å². The van der Waals surface area contributed by atoms with Crippen LogP contribution < -0.4 is 11.1 Å². The van der Waals surface area contributed by atoms with Gasteiger partial charge in [-0.15, -0.1) is 5.10 Å². The van der Waals surface area contributed by atoms with Crippen LogP contribution in [0.15, 0.2) is 36.5 Å². The standard InChI is InChI=1S/C15H14ClN5O2/c16-10-3-1-9(2-4-10)5-6-18-11-7-12(14(22)23)13-19-15(17)20-21(13)8-11/h1-4,7-8,18H,5-6H2,(H2,17,20)(H,22,23). The number of carboxylic acids is 1. The molecule has 0 bridgehead atoms. The minimum absolute atomic E-state index is 0.0332. The van der Waals surface area contributed by atoms with Crippen molar-refractivity contribution < 1.29 is 9.90 Å². The Morgan fingerprint density at radius 3 is 2.78 bits per heavy atom. The van der Waals surface area contributed by atoms with Gasteiger partial charge in [0.1, 0.15) is 5.56 Å². The summed E-state index contributed by atoms with van der Waals surface area (Å²) in [6.07, 6.45) is 2.43. The number of carbonyl (C=O) groups is 1. The molecule has 0 aliphatic carbocycles. The van der Waals surface area contributed by atoms with E-state index >= 15 is 0 Å². The molecule has 0 spiro atoms. The molecule has 0 amide bonds. The smallest absolute Gasteiger partial charge is 0.339 e. The monoisotopic (exact) mass is 331 g/mol. The van der Waals surface area contributed by atoms with Gasteiger partial charge in [-0.2, -0.15) is 4.98 Å². The molecular weight excluding hydrogens is 318 g/mol. The van der Waals surface area contributed by atoms with Crippen molar-refractivity contribution in [2.24, 2.45) is 0 Å². The highest BCUT2D eigenvalue weighted by atomic mass is 35.5. The molecule has 0 unspecified atom stereocenters. The number of halogens is 1. The highest BCUT2D eigenvalue weighted by molar-refractivity contribution is 6.30. The number of nitrogens with one attached hydrogen (secondary N) is 1. The van der Waals surface area contributed by atoms with Crippen LogP contribution in [0.5, 0.6) is 0 Å². The van der Waals surface area contributed by atoms with Gasteiger partial charge in [-0.05, 0) is 30.2 Å². The number of nitrogens with zero attached hydrogens (tertiary/aromatic N) is 3. The summed E-state index contributed by atoms with van der Waals surface area (Å²) >= 11 is 5.85. The molecule has 0 fully saturated rings. The van der Waals surface area contributed by atoms with Gasteiger partial charge in [-0.25, -0.2) is 9.31 Å².